The normalized spacial score (nSPS) is 12.7. The van der Waals surface area contributed by atoms with Crippen molar-refractivity contribution in [3.05, 3.63) is 34.6 Å². The maximum absolute atomic E-state index is 12.7. The molecule has 1 unspecified atom stereocenters. The number of halogens is 2. The molecule has 0 bridgehead atoms. The van der Waals surface area contributed by atoms with Gasteiger partial charge in [-0.05, 0) is 30.7 Å². The van der Waals surface area contributed by atoms with E-state index in [-0.39, 0.29) is 5.82 Å². The first-order valence-electron chi connectivity index (χ1n) is 5.04. The molecule has 0 spiro atoms. The third-order valence-corrected chi connectivity index (χ3v) is 3.33. The van der Waals surface area contributed by atoms with Crippen LogP contribution in [-0.2, 0) is 17.3 Å². The summed E-state index contributed by atoms with van der Waals surface area (Å²) in [5, 5.41) is 3.61. The van der Waals surface area contributed by atoms with E-state index in [0.29, 0.717) is 17.3 Å². The van der Waals surface area contributed by atoms with Crippen LogP contribution >= 0.6 is 11.6 Å². The standard InChI is InChI=1S/C11H15ClFNOS/c1-16(15)6-2-5-14-8-9-3-4-10(13)7-11(9)12/h3-4,7,14H,2,5-6,8H2,1H3. The lowest BCUT2D eigenvalue weighted by atomic mass is 10.2. The van der Waals surface area contributed by atoms with Crippen molar-refractivity contribution in [2.45, 2.75) is 13.0 Å². The van der Waals surface area contributed by atoms with Crippen LogP contribution in [-0.4, -0.2) is 22.8 Å². The minimum atomic E-state index is -0.737. The quantitative estimate of drug-likeness (QED) is 0.799. The van der Waals surface area contributed by atoms with Gasteiger partial charge in [-0.15, -0.1) is 0 Å². The Morgan fingerprint density at radius 1 is 1.50 bits per heavy atom. The molecule has 0 saturated carbocycles. The molecule has 0 aliphatic heterocycles. The highest BCUT2D eigenvalue weighted by Crippen LogP contribution is 2.16. The molecule has 0 fully saturated rings. The Balaban J connectivity index is 2.29. The lowest BCUT2D eigenvalue weighted by molar-refractivity contribution is 0.624. The van der Waals surface area contributed by atoms with Gasteiger partial charge in [-0.25, -0.2) is 4.39 Å². The van der Waals surface area contributed by atoms with Gasteiger partial charge in [0.2, 0.25) is 0 Å². The molecule has 1 rings (SSSR count). The van der Waals surface area contributed by atoms with E-state index >= 15 is 0 Å². The molecule has 0 aliphatic carbocycles. The van der Waals surface area contributed by atoms with Crippen molar-refractivity contribution in [3.8, 4) is 0 Å². The maximum atomic E-state index is 12.7. The zero-order valence-corrected chi connectivity index (χ0v) is 10.7. The summed E-state index contributed by atoms with van der Waals surface area (Å²) in [6.45, 7) is 1.39. The number of benzene rings is 1. The van der Waals surface area contributed by atoms with Crippen LogP contribution in [0.3, 0.4) is 0 Å². The van der Waals surface area contributed by atoms with Gasteiger partial charge in [0.25, 0.3) is 0 Å². The predicted octanol–water partition coefficient (Wildman–Crippen LogP) is 2.34. The topological polar surface area (TPSA) is 29.1 Å². The lowest BCUT2D eigenvalue weighted by Crippen LogP contribution is -2.16. The molecule has 5 heteroatoms. The molecule has 90 valence electrons. The van der Waals surface area contributed by atoms with Gasteiger partial charge in [0.15, 0.2) is 0 Å². The van der Waals surface area contributed by atoms with E-state index in [1.807, 2.05) is 0 Å². The molecule has 1 aromatic rings. The molecule has 0 heterocycles. The van der Waals surface area contributed by atoms with Gasteiger partial charge in [0.1, 0.15) is 5.82 Å². The number of hydrogen-bond donors (Lipinski definition) is 1. The van der Waals surface area contributed by atoms with Crippen molar-refractivity contribution in [2.24, 2.45) is 0 Å². The molecular weight excluding hydrogens is 249 g/mol. The van der Waals surface area contributed by atoms with E-state index < -0.39 is 10.8 Å². The fraction of sp³-hybridized carbons (Fsp3) is 0.455. The molecule has 1 atom stereocenters. The fourth-order valence-corrected chi connectivity index (χ4v) is 2.07. The second-order valence-electron chi connectivity index (χ2n) is 3.54. The van der Waals surface area contributed by atoms with Gasteiger partial charge in [-0.1, -0.05) is 17.7 Å². The molecule has 0 saturated heterocycles. The van der Waals surface area contributed by atoms with Crippen molar-refractivity contribution < 1.29 is 8.60 Å². The highest BCUT2D eigenvalue weighted by Gasteiger charge is 2.01. The Bertz CT molecular complexity index is 373. The van der Waals surface area contributed by atoms with E-state index in [1.54, 1.807) is 12.3 Å². The third-order valence-electron chi connectivity index (χ3n) is 2.12. The molecule has 2 nitrogen and oxygen atoms in total. The highest BCUT2D eigenvalue weighted by molar-refractivity contribution is 7.84. The first-order chi connectivity index (χ1) is 7.59. The van der Waals surface area contributed by atoms with Gasteiger partial charge in [-0.2, -0.15) is 0 Å². The summed E-state index contributed by atoms with van der Waals surface area (Å²) in [6, 6.07) is 4.37. The fourth-order valence-electron chi connectivity index (χ4n) is 1.29. The molecule has 1 N–H and O–H groups in total. The van der Waals surface area contributed by atoms with Gasteiger partial charge < -0.3 is 5.32 Å². The summed E-state index contributed by atoms with van der Waals surface area (Å²) >= 11 is 5.86. The summed E-state index contributed by atoms with van der Waals surface area (Å²) in [6.07, 6.45) is 2.55. The van der Waals surface area contributed by atoms with Gasteiger partial charge in [0.05, 0.1) is 0 Å². The highest BCUT2D eigenvalue weighted by atomic mass is 35.5. The number of nitrogens with one attached hydrogen (secondary N) is 1. The van der Waals surface area contributed by atoms with Gasteiger partial charge in [0, 0.05) is 34.4 Å². The monoisotopic (exact) mass is 263 g/mol. The van der Waals surface area contributed by atoms with Crippen LogP contribution < -0.4 is 5.32 Å². The third kappa shape index (κ3) is 5.05. The average Bonchev–Trinajstić information content (AvgIpc) is 2.20. The van der Waals surface area contributed by atoms with E-state index in [0.717, 1.165) is 18.5 Å². The molecule has 16 heavy (non-hydrogen) atoms. The van der Waals surface area contributed by atoms with Crippen LogP contribution in [0.25, 0.3) is 0 Å². The molecular formula is C11H15ClFNOS. The second kappa shape index (κ2) is 6.99. The maximum Gasteiger partial charge on any atom is 0.124 e. The van der Waals surface area contributed by atoms with E-state index in [2.05, 4.69) is 5.32 Å². The Labute approximate surface area is 103 Å². The summed E-state index contributed by atoms with van der Waals surface area (Å²) in [5.74, 6) is 0.375. The first-order valence-corrected chi connectivity index (χ1v) is 7.15. The zero-order chi connectivity index (χ0) is 12.0. The first kappa shape index (κ1) is 13.6. The average molecular weight is 264 g/mol. The summed E-state index contributed by atoms with van der Waals surface area (Å²) in [7, 11) is -0.737. The van der Waals surface area contributed by atoms with Crippen LogP contribution in [0.4, 0.5) is 4.39 Å². The van der Waals surface area contributed by atoms with Crippen LogP contribution in [0.5, 0.6) is 0 Å². The van der Waals surface area contributed by atoms with Crippen molar-refractivity contribution in [1.82, 2.24) is 5.32 Å². The number of rotatable bonds is 6. The molecule has 0 aliphatic rings. The molecule has 0 amide bonds. The molecule has 0 radical (unpaired) electrons. The molecule has 0 aromatic heterocycles. The van der Waals surface area contributed by atoms with Crippen LogP contribution in [0.15, 0.2) is 18.2 Å². The van der Waals surface area contributed by atoms with E-state index in [4.69, 9.17) is 11.6 Å². The predicted molar refractivity (Wildman–Crippen MR) is 66.7 cm³/mol. The minimum Gasteiger partial charge on any atom is -0.313 e. The van der Waals surface area contributed by atoms with Crippen LogP contribution in [0.1, 0.15) is 12.0 Å². The van der Waals surface area contributed by atoms with Gasteiger partial charge in [-0.3, -0.25) is 4.21 Å². The Morgan fingerprint density at radius 2 is 2.25 bits per heavy atom. The summed E-state index contributed by atoms with van der Waals surface area (Å²) in [4.78, 5) is 0. The largest absolute Gasteiger partial charge is 0.313 e. The van der Waals surface area contributed by atoms with Crippen LogP contribution in [0.2, 0.25) is 5.02 Å². The van der Waals surface area contributed by atoms with Crippen molar-refractivity contribution in [1.29, 1.82) is 0 Å². The summed E-state index contributed by atoms with van der Waals surface area (Å²) in [5.41, 5.74) is 0.876. The molecule has 1 aromatic carbocycles. The zero-order valence-electron chi connectivity index (χ0n) is 9.13. The van der Waals surface area contributed by atoms with Crippen molar-refractivity contribution >= 4 is 22.4 Å². The van der Waals surface area contributed by atoms with Crippen molar-refractivity contribution in [3.63, 3.8) is 0 Å². The van der Waals surface area contributed by atoms with E-state index in [9.17, 15) is 8.60 Å². The Kier molecular flexibility index (Phi) is 5.95. The van der Waals surface area contributed by atoms with Crippen LogP contribution in [0, 0.1) is 5.82 Å². The Morgan fingerprint density at radius 3 is 2.88 bits per heavy atom. The second-order valence-corrected chi connectivity index (χ2v) is 5.51. The lowest BCUT2D eigenvalue weighted by Gasteiger charge is -2.06. The number of hydrogen-bond acceptors (Lipinski definition) is 2. The Hall–Kier alpha value is -0.450. The SMILES string of the molecule is CS(=O)CCCNCc1ccc(F)cc1Cl. The smallest absolute Gasteiger partial charge is 0.124 e. The van der Waals surface area contributed by atoms with Crippen molar-refractivity contribution in [2.75, 3.05) is 18.6 Å². The minimum absolute atomic E-state index is 0.324. The van der Waals surface area contributed by atoms with E-state index in [1.165, 1.54) is 12.1 Å². The summed E-state index contributed by atoms with van der Waals surface area (Å²) < 4.78 is 23.5. The van der Waals surface area contributed by atoms with Gasteiger partial charge >= 0.3 is 0 Å².